The molecule has 1 saturated carbocycles. The van der Waals surface area contributed by atoms with E-state index in [-0.39, 0.29) is 0 Å². The SMILES string of the molecule is CC1CCC(Cl)CC1c1ncnn1C. The van der Waals surface area contributed by atoms with Crippen molar-refractivity contribution in [2.45, 2.75) is 37.5 Å². The molecular formula is C10H16ClN3. The second-order valence-electron chi connectivity index (χ2n) is 4.24. The average Bonchev–Trinajstić information content (AvgIpc) is 2.56. The Hall–Kier alpha value is -0.570. The first-order valence-electron chi connectivity index (χ1n) is 5.16. The van der Waals surface area contributed by atoms with Crippen molar-refractivity contribution in [3.05, 3.63) is 12.2 Å². The molecule has 3 nitrogen and oxygen atoms in total. The van der Waals surface area contributed by atoms with Crippen LogP contribution in [0.1, 0.15) is 37.9 Å². The van der Waals surface area contributed by atoms with Crippen LogP contribution in [0.2, 0.25) is 0 Å². The minimum absolute atomic E-state index is 0.313. The highest BCUT2D eigenvalue weighted by atomic mass is 35.5. The molecule has 1 aromatic heterocycles. The number of nitrogens with zero attached hydrogens (tertiary/aromatic N) is 3. The zero-order valence-corrected chi connectivity index (χ0v) is 9.41. The number of hydrogen-bond acceptors (Lipinski definition) is 2. The third kappa shape index (κ3) is 1.78. The summed E-state index contributed by atoms with van der Waals surface area (Å²) in [6.45, 7) is 2.28. The highest BCUT2D eigenvalue weighted by molar-refractivity contribution is 6.20. The summed E-state index contributed by atoms with van der Waals surface area (Å²) in [5.74, 6) is 2.24. The summed E-state index contributed by atoms with van der Waals surface area (Å²) < 4.78 is 1.87. The van der Waals surface area contributed by atoms with Gasteiger partial charge in [0.1, 0.15) is 12.2 Å². The summed E-state index contributed by atoms with van der Waals surface area (Å²) in [5.41, 5.74) is 0. The van der Waals surface area contributed by atoms with E-state index < -0.39 is 0 Å². The molecule has 0 aromatic carbocycles. The molecule has 1 aromatic rings. The molecule has 78 valence electrons. The molecule has 0 bridgehead atoms. The number of aromatic nitrogens is 3. The number of hydrogen-bond donors (Lipinski definition) is 0. The Balaban J connectivity index is 2.20. The predicted octanol–water partition coefficient (Wildman–Crippen LogP) is 2.33. The van der Waals surface area contributed by atoms with Crippen LogP contribution in [0.3, 0.4) is 0 Å². The van der Waals surface area contributed by atoms with E-state index in [4.69, 9.17) is 11.6 Å². The first-order valence-corrected chi connectivity index (χ1v) is 5.60. The molecule has 1 fully saturated rings. The monoisotopic (exact) mass is 213 g/mol. The zero-order chi connectivity index (χ0) is 10.1. The fraction of sp³-hybridized carbons (Fsp3) is 0.800. The predicted molar refractivity (Wildman–Crippen MR) is 56.4 cm³/mol. The summed E-state index contributed by atoms with van der Waals surface area (Å²) in [7, 11) is 1.95. The zero-order valence-electron chi connectivity index (χ0n) is 8.65. The minimum Gasteiger partial charge on any atom is -0.253 e. The molecule has 1 heterocycles. The molecule has 0 saturated heterocycles. The van der Waals surface area contributed by atoms with E-state index in [1.54, 1.807) is 6.33 Å². The second-order valence-corrected chi connectivity index (χ2v) is 4.85. The van der Waals surface area contributed by atoms with Crippen LogP contribution in [0.15, 0.2) is 6.33 Å². The van der Waals surface area contributed by atoms with Crippen LogP contribution >= 0.6 is 11.6 Å². The Morgan fingerprint density at radius 1 is 1.50 bits per heavy atom. The van der Waals surface area contributed by atoms with Gasteiger partial charge in [-0.05, 0) is 25.2 Å². The summed E-state index contributed by atoms with van der Waals surface area (Å²) in [6, 6.07) is 0. The molecule has 14 heavy (non-hydrogen) atoms. The number of halogens is 1. The summed E-state index contributed by atoms with van der Waals surface area (Å²) in [4.78, 5) is 4.32. The maximum absolute atomic E-state index is 6.19. The Morgan fingerprint density at radius 3 is 2.93 bits per heavy atom. The van der Waals surface area contributed by atoms with Gasteiger partial charge in [-0.25, -0.2) is 4.98 Å². The lowest BCUT2D eigenvalue weighted by atomic mass is 9.79. The van der Waals surface area contributed by atoms with Crippen LogP contribution < -0.4 is 0 Å². The van der Waals surface area contributed by atoms with Gasteiger partial charge >= 0.3 is 0 Å². The van der Waals surface area contributed by atoms with Gasteiger partial charge in [0.15, 0.2) is 0 Å². The van der Waals surface area contributed by atoms with Crippen LogP contribution in [0.25, 0.3) is 0 Å². The Labute approximate surface area is 89.5 Å². The van der Waals surface area contributed by atoms with Crippen molar-refractivity contribution in [1.82, 2.24) is 14.8 Å². The van der Waals surface area contributed by atoms with Crippen LogP contribution in [0.5, 0.6) is 0 Å². The average molecular weight is 214 g/mol. The van der Waals surface area contributed by atoms with E-state index in [1.165, 1.54) is 6.42 Å². The van der Waals surface area contributed by atoms with E-state index in [1.807, 2.05) is 11.7 Å². The Bertz CT molecular complexity index is 310. The van der Waals surface area contributed by atoms with Gasteiger partial charge in [-0.3, -0.25) is 4.68 Å². The third-order valence-electron chi connectivity index (χ3n) is 3.21. The molecule has 4 heteroatoms. The highest BCUT2D eigenvalue weighted by Gasteiger charge is 2.30. The molecule has 0 aliphatic heterocycles. The molecule has 2 rings (SSSR count). The van der Waals surface area contributed by atoms with Crippen LogP contribution in [0, 0.1) is 5.92 Å². The fourth-order valence-electron chi connectivity index (χ4n) is 2.27. The summed E-state index contributed by atoms with van der Waals surface area (Å²) in [5, 5.41) is 4.43. The van der Waals surface area contributed by atoms with Gasteiger partial charge in [0, 0.05) is 18.3 Å². The fourth-order valence-corrected chi connectivity index (χ4v) is 2.59. The first-order chi connectivity index (χ1) is 6.68. The lowest BCUT2D eigenvalue weighted by Crippen LogP contribution is -2.24. The summed E-state index contributed by atoms with van der Waals surface area (Å²) in [6.07, 6.45) is 5.00. The molecule has 3 unspecified atom stereocenters. The van der Waals surface area contributed by atoms with Crippen molar-refractivity contribution < 1.29 is 0 Å². The minimum atomic E-state index is 0.313. The molecule has 0 radical (unpaired) electrons. The highest BCUT2D eigenvalue weighted by Crippen LogP contribution is 2.38. The lowest BCUT2D eigenvalue weighted by Gasteiger charge is -2.30. The largest absolute Gasteiger partial charge is 0.253 e. The van der Waals surface area contributed by atoms with Crippen molar-refractivity contribution in [3.63, 3.8) is 0 Å². The van der Waals surface area contributed by atoms with Gasteiger partial charge < -0.3 is 0 Å². The van der Waals surface area contributed by atoms with E-state index in [9.17, 15) is 0 Å². The van der Waals surface area contributed by atoms with Crippen molar-refractivity contribution in [2.75, 3.05) is 0 Å². The van der Waals surface area contributed by atoms with Crippen LogP contribution in [0.4, 0.5) is 0 Å². The van der Waals surface area contributed by atoms with Gasteiger partial charge in [-0.2, -0.15) is 5.10 Å². The normalized spacial score (nSPS) is 33.2. The Kier molecular flexibility index (Phi) is 2.77. The summed E-state index contributed by atoms with van der Waals surface area (Å²) >= 11 is 6.19. The molecule has 1 aliphatic carbocycles. The van der Waals surface area contributed by atoms with Gasteiger partial charge in [0.25, 0.3) is 0 Å². The lowest BCUT2D eigenvalue weighted by molar-refractivity contribution is 0.317. The van der Waals surface area contributed by atoms with Crippen molar-refractivity contribution in [3.8, 4) is 0 Å². The van der Waals surface area contributed by atoms with E-state index in [2.05, 4.69) is 17.0 Å². The van der Waals surface area contributed by atoms with Crippen LogP contribution in [-0.4, -0.2) is 20.1 Å². The molecule has 0 N–H and O–H groups in total. The molecular weight excluding hydrogens is 198 g/mol. The number of alkyl halides is 1. The smallest absolute Gasteiger partial charge is 0.138 e. The first kappa shape index (κ1) is 9.97. The molecule has 0 amide bonds. The van der Waals surface area contributed by atoms with Gasteiger partial charge in [0.05, 0.1) is 0 Å². The Morgan fingerprint density at radius 2 is 2.29 bits per heavy atom. The second kappa shape index (κ2) is 3.89. The van der Waals surface area contributed by atoms with E-state index in [0.29, 0.717) is 17.2 Å². The molecule has 0 spiro atoms. The number of aryl methyl sites for hydroxylation is 1. The van der Waals surface area contributed by atoms with Crippen LogP contribution in [-0.2, 0) is 7.05 Å². The van der Waals surface area contributed by atoms with Crippen molar-refractivity contribution in [1.29, 1.82) is 0 Å². The maximum Gasteiger partial charge on any atom is 0.138 e. The molecule has 3 atom stereocenters. The standard InChI is InChI=1S/C10H16ClN3/c1-7-3-4-8(11)5-9(7)10-12-6-13-14(10)2/h6-9H,3-5H2,1-2H3. The quantitative estimate of drug-likeness (QED) is 0.671. The topological polar surface area (TPSA) is 30.7 Å². The number of rotatable bonds is 1. The maximum atomic E-state index is 6.19. The van der Waals surface area contributed by atoms with Gasteiger partial charge in [-0.15, -0.1) is 11.6 Å². The van der Waals surface area contributed by atoms with E-state index in [0.717, 1.165) is 18.7 Å². The van der Waals surface area contributed by atoms with Crippen molar-refractivity contribution in [2.24, 2.45) is 13.0 Å². The third-order valence-corrected chi connectivity index (χ3v) is 3.61. The van der Waals surface area contributed by atoms with Crippen molar-refractivity contribution >= 4 is 11.6 Å². The van der Waals surface area contributed by atoms with Gasteiger partial charge in [0.2, 0.25) is 0 Å². The molecule has 1 aliphatic rings. The van der Waals surface area contributed by atoms with Gasteiger partial charge in [-0.1, -0.05) is 6.92 Å². The van der Waals surface area contributed by atoms with E-state index >= 15 is 0 Å².